The molecule has 1 N–H and O–H groups in total. The molecule has 2 atom stereocenters. The first-order chi connectivity index (χ1) is 9.95. The zero-order valence-electron chi connectivity index (χ0n) is 12.8. The van der Waals surface area contributed by atoms with Crippen LogP contribution in [0.25, 0.3) is 0 Å². The number of halogens is 1. The first-order valence-electron chi connectivity index (χ1n) is 7.46. The van der Waals surface area contributed by atoms with Crippen molar-refractivity contribution in [2.75, 3.05) is 0 Å². The highest BCUT2D eigenvalue weighted by molar-refractivity contribution is 6.30. The van der Waals surface area contributed by atoms with Gasteiger partial charge in [-0.05, 0) is 42.0 Å². The van der Waals surface area contributed by atoms with Crippen molar-refractivity contribution in [3.63, 3.8) is 0 Å². The molecule has 0 amide bonds. The van der Waals surface area contributed by atoms with Crippen molar-refractivity contribution in [2.24, 2.45) is 5.41 Å². The lowest BCUT2D eigenvalue weighted by atomic mass is 9.85. The molecule has 0 aliphatic heterocycles. The fraction of sp³-hybridized carbons (Fsp3) is 0.471. The van der Waals surface area contributed by atoms with Gasteiger partial charge in [0.25, 0.3) is 0 Å². The summed E-state index contributed by atoms with van der Waals surface area (Å²) in [6.45, 7) is 7.78. The van der Waals surface area contributed by atoms with Gasteiger partial charge in [-0.2, -0.15) is 0 Å². The van der Waals surface area contributed by atoms with Crippen LogP contribution in [0.1, 0.15) is 37.9 Å². The smallest absolute Gasteiger partial charge is 0.0946 e. The lowest BCUT2D eigenvalue weighted by Crippen LogP contribution is -2.39. The van der Waals surface area contributed by atoms with Gasteiger partial charge in [0.05, 0.1) is 6.33 Å². The average molecular weight is 304 g/mol. The summed E-state index contributed by atoms with van der Waals surface area (Å²) in [4.78, 5) is 4.10. The van der Waals surface area contributed by atoms with E-state index < -0.39 is 0 Å². The average Bonchev–Trinajstić information content (AvgIpc) is 2.98. The number of fused-ring (bicyclic) bond motifs is 1. The molecule has 21 heavy (non-hydrogen) atoms. The Morgan fingerprint density at radius 1 is 1.48 bits per heavy atom. The van der Waals surface area contributed by atoms with Gasteiger partial charge in [-0.1, -0.05) is 31.5 Å². The second-order valence-corrected chi connectivity index (χ2v) is 7.21. The summed E-state index contributed by atoms with van der Waals surface area (Å²) in [6, 6.07) is 6.99. The van der Waals surface area contributed by atoms with E-state index in [1.807, 2.05) is 24.8 Å². The Morgan fingerprint density at radius 2 is 2.29 bits per heavy atom. The van der Waals surface area contributed by atoms with Crippen LogP contribution in [0.5, 0.6) is 0 Å². The predicted octanol–water partition coefficient (Wildman–Crippen LogP) is 3.84. The molecule has 3 nitrogen and oxygen atoms in total. The van der Waals surface area contributed by atoms with Crippen molar-refractivity contribution in [3.8, 4) is 0 Å². The molecule has 1 aromatic heterocycles. The maximum Gasteiger partial charge on any atom is 0.0946 e. The van der Waals surface area contributed by atoms with Crippen LogP contribution < -0.4 is 5.32 Å². The minimum Gasteiger partial charge on any atom is -0.336 e. The van der Waals surface area contributed by atoms with Gasteiger partial charge in [0.2, 0.25) is 0 Å². The van der Waals surface area contributed by atoms with Crippen molar-refractivity contribution < 1.29 is 0 Å². The molecule has 0 saturated carbocycles. The highest BCUT2D eigenvalue weighted by Gasteiger charge is 2.39. The molecular formula is C17H22ClN3. The maximum atomic E-state index is 6.19. The molecule has 4 heteroatoms. The second kappa shape index (κ2) is 5.47. The normalized spacial score (nSPS) is 21.2. The first kappa shape index (κ1) is 14.6. The quantitative estimate of drug-likeness (QED) is 0.930. The minimum atomic E-state index is 0.205. The molecule has 0 spiro atoms. The third-order valence-electron chi connectivity index (χ3n) is 4.34. The summed E-state index contributed by atoms with van der Waals surface area (Å²) in [5.41, 5.74) is 2.97. The molecule has 1 aromatic carbocycles. The molecule has 2 unspecified atom stereocenters. The van der Waals surface area contributed by atoms with Crippen molar-refractivity contribution in [1.82, 2.24) is 14.9 Å². The van der Waals surface area contributed by atoms with E-state index in [9.17, 15) is 0 Å². The number of hydrogen-bond donors (Lipinski definition) is 1. The highest BCUT2D eigenvalue weighted by atomic mass is 35.5. The Labute approximate surface area is 131 Å². The molecule has 3 rings (SSSR count). The van der Waals surface area contributed by atoms with Gasteiger partial charge >= 0.3 is 0 Å². The largest absolute Gasteiger partial charge is 0.336 e. The summed E-state index contributed by atoms with van der Waals surface area (Å²) in [6.07, 6.45) is 6.78. The van der Waals surface area contributed by atoms with E-state index in [-0.39, 0.29) is 5.41 Å². The van der Waals surface area contributed by atoms with Crippen LogP contribution in [0.2, 0.25) is 5.02 Å². The van der Waals surface area contributed by atoms with Gasteiger partial charge in [-0.3, -0.25) is 0 Å². The van der Waals surface area contributed by atoms with Gasteiger partial charge < -0.3 is 9.88 Å². The predicted molar refractivity (Wildman–Crippen MR) is 86.5 cm³/mol. The number of rotatable bonds is 4. The minimum absolute atomic E-state index is 0.205. The van der Waals surface area contributed by atoms with Crippen LogP contribution in [0, 0.1) is 5.41 Å². The zero-order valence-corrected chi connectivity index (χ0v) is 13.6. The van der Waals surface area contributed by atoms with E-state index in [1.165, 1.54) is 11.1 Å². The van der Waals surface area contributed by atoms with Gasteiger partial charge in [0, 0.05) is 36.0 Å². The number of nitrogens with one attached hydrogen (secondary N) is 1. The molecule has 0 radical (unpaired) electrons. The fourth-order valence-electron chi connectivity index (χ4n) is 3.37. The Morgan fingerprint density at radius 3 is 3.00 bits per heavy atom. The summed E-state index contributed by atoms with van der Waals surface area (Å²) >= 11 is 6.19. The lowest BCUT2D eigenvalue weighted by Gasteiger charge is -2.31. The molecule has 0 fully saturated rings. The zero-order chi connectivity index (χ0) is 15.0. The van der Waals surface area contributed by atoms with E-state index >= 15 is 0 Å². The summed E-state index contributed by atoms with van der Waals surface area (Å²) in [5.74, 6) is 0. The third-order valence-corrected chi connectivity index (χ3v) is 4.58. The maximum absolute atomic E-state index is 6.19. The van der Waals surface area contributed by atoms with Crippen molar-refractivity contribution in [2.45, 2.75) is 45.8 Å². The fourth-order valence-corrected chi connectivity index (χ4v) is 3.55. The molecule has 1 heterocycles. The Kier molecular flexibility index (Phi) is 3.80. The monoisotopic (exact) mass is 303 g/mol. The molecule has 112 valence electrons. The van der Waals surface area contributed by atoms with E-state index in [0.717, 1.165) is 18.0 Å². The molecule has 2 aromatic rings. The van der Waals surface area contributed by atoms with E-state index in [4.69, 9.17) is 11.6 Å². The van der Waals surface area contributed by atoms with E-state index in [0.29, 0.717) is 12.1 Å². The third kappa shape index (κ3) is 2.99. The van der Waals surface area contributed by atoms with Crippen LogP contribution in [-0.2, 0) is 13.0 Å². The molecule has 1 aliphatic carbocycles. The molecule has 0 saturated heterocycles. The van der Waals surface area contributed by atoms with Crippen molar-refractivity contribution in [3.05, 3.63) is 53.1 Å². The Hall–Kier alpha value is -1.32. The highest BCUT2D eigenvalue weighted by Crippen LogP contribution is 2.46. The van der Waals surface area contributed by atoms with E-state index in [2.05, 4.69) is 47.8 Å². The number of aromatic nitrogens is 2. The van der Waals surface area contributed by atoms with E-state index in [1.54, 1.807) is 0 Å². The first-order valence-corrected chi connectivity index (χ1v) is 7.83. The van der Waals surface area contributed by atoms with Gasteiger partial charge in [-0.15, -0.1) is 0 Å². The molecule has 1 aliphatic rings. The summed E-state index contributed by atoms with van der Waals surface area (Å²) in [7, 11) is 0. The van der Waals surface area contributed by atoms with Crippen molar-refractivity contribution >= 4 is 11.6 Å². The number of benzene rings is 1. The van der Waals surface area contributed by atoms with Gasteiger partial charge in [0.15, 0.2) is 0 Å². The lowest BCUT2D eigenvalue weighted by molar-refractivity contribution is 0.244. The van der Waals surface area contributed by atoms with Crippen LogP contribution in [0.3, 0.4) is 0 Å². The number of hydrogen-bond acceptors (Lipinski definition) is 2. The molecular weight excluding hydrogens is 282 g/mol. The molecule has 0 bridgehead atoms. The number of nitrogens with zero attached hydrogens (tertiary/aromatic N) is 2. The topological polar surface area (TPSA) is 29.9 Å². The van der Waals surface area contributed by atoms with Crippen LogP contribution >= 0.6 is 11.6 Å². The van der Waals surface area contributed by atoms with Crippen LogP contribution in [0.15, 0.2) is 36.9 Å². The second-order valence-electron chi connectivity index (χ2n) is 6.77. The van der Waals surface area contributed by atoms with Crippen LogP contribution in [0.4, 0.5) is 0 Å². The standard InChI is InChI=1S/C17H22ClN3/c1-12(10-21-7-6-19-11-21)20-16-15-8-14(18)5-4-13(15)9-17(16,2)3/h4-8,11-12,16,20H,9-10H2,1-3H3. The van der Waals surface area contributed by atoms with Crippen molar-refractivity contribution in [1.29, 1.82) is 0 Å². The van der Waals surface area contributed by atoms with Crippen LogP contribution in [-0.4, -0.2) is 15.6 Å². The van der Waals surface area contributed by atoms with Gasteiger partial charge in [-0.25, -0.2) is 4.98 Å². The summed E-state index contributed by atoms with van der Waals surface area (Å²) in [5, 5.41) is 4.60. The number of imidazole rings is 1. The Balaban J connectivity index is 1.79. The summed E-state index contributed by atoms with van der Waals surface area (Å²) < 4.78 is 2.11. The SMILES string of the molecule is CC(Cn1ccnc1)NC1c2cc(Cl)ccc2CC1(C)C. The Bertz CT molecular complexity index is 619. The van der Waals surface area contributed by atoms with Gasteiger partial charge in [0.1, 0.15) is 0 Å².